The molecule has 2 aliphatic rings. The van der Waals surface area contributed by atoms with E-state index in [0.717, 1.165) is 49.9 Å². The number of rotatable bonds is 5. The van der Waals surface area contributed by atoms with Crippen molar-refractivity contribution in [2.45, 2.75) is 26.3 Å². The van der Waals surface area contributed by atoms with E-state index >= 15 is 0 Å². The van der Waals surface area contributed by atoms with E-state index in [2.05, 4.69) is 34.7 Å². The molecule has 6 nitrogen and oxygen atoms in total. The highest BCUT2D eigenvalue weighted by Crippen LogP contribution is 2.25. The molecule has 1 amide bonds. The third kappa shape index (κ3) is 3.87. The van der Waals surface area contributed by atoms with Crippen LogP contribution in [0.1, 0.15) is 25.3 Å². The number of ether oxygens (including phenoxy) is 1. The van der Waals surface area contributed by atoms with Gasteiger partial charge in [-0.15, -0.1) is 0 Å². The number of hydrogen-bond donors (Lipinski definition) is 2. The summed E-state index contributed by atoms with van der Waals surface area (Å²) < 4.78 is 5.27. The lowest BCUT2D eigenvalue weighted by Gasteiger charge is -2.38. The quantitative estimate of drug-likeness (QED) is 0.634. The SMILES string of the molecule is CN=C(NCc1ccc(N2CCCC2=O)cc1)NCC1(C)COC1. The van der Waals surface area contributed by atoms with Crippen LogP contribution >= 0.6 is 0 Å². The predicted molar refractivity (Wildman–Crippen MR) is 95.2 cm³/mol. The van der Waals surface area contributed by atoms with Crippen molar-refractivity contribution in [3.8, 4) is 0 Å². The lowest BCUT2D eigenvalue weighted by molar-refractivity contribution is -0.117. The number of nitrogens with one attached hydrogen (secondary N) is 2. The normalized spacial score (nSPS) is 20.0. The van der Waals surface area contributed by atoms with E-state index in [4.69, 9.17) is 4.74 Å². The fourth-order valence-electron chi connectivity index (χ4n) is 2.97. The topological polar surface area (TPSA) is 66.0 Å². The van der Waals surface area contributed by atoms with Gasteiger partial charge < -0.3 is 20.3 Å². The van der Waals surface area contributed by atoms with E-state index < -0.39 is 0 Å². The van der Waals surface area contributed by atoms with Gasteiger partial charge in [0.15, 0.2) is 5.96 Å². The van der Waals surface area contributed by atoms with E-state index in [-0.39, 0.29) is 11.3 Å². The van der Waals surface area contributed by atoms with Gasteiger partial charge in [-0.3, -0.25) is 9.79 Å². The summed E-state index contributed by atoms with van der Waals surface area (Å²) >= 11 is 0. The Morgan fingerprint density at radius 2 is 2.04 bits per heavy atom. The number of carbonyl (C=O) groups excluding carboxylic acids is 1. The molecule has 2 N–H and O–H groups in total. The first-order chi connectivity index (χ1) is 11.6. The summed E-state index contributed by atoms with van der Waals surface area (Å²) in [5.41, 5.74) is 2.36. The summed E-state index contributed by atoms with van der Waals surface area (Å²) in [5, 5.41) is 6.67. The van der Waals surface area contributed by atoms with E-state index in [1.807, 2.05) is 17.0 Å². The Morgan fingerprint density at radius 1 is 1.29 bits per heavy atom. The van der Waals surface area contributed by atoms with Gasteiger partial charge in [0, 0.05) is 44.2 Å². The molecule has 0 aromatic heterocycles. The minimum absolute atomic E-state index is 0.210. The summed E-state index contributed by atoms with van der Waals surface area (Å²) in [6.07, 6.45) is 1.61. The van der Waals surface area contributed by atoms with Crippen LogP contribution in [0.15, 0.2) is 29.3 Å². The molecule has 2 saturated heterocycles. The molecule has 6 heteroatoms. The standard InChI is InChI=1S/C18H26N4O2/c1-18(12-24-13-18)11-21-17(19-2)20-10-14-5-7-15(8-6-14)22-9-3-4-16(22)23/h5-8H,3-4,9-13H2,1-2H3,(H2,19,20,21). The van der Waals surface area contributed by atoms with E-state index in [9.17, 15) is 4.79 Å². The minimum atomic E-state index is 0.210. The van der Waals surface area contributed by atoms with Crippen molar-refractivity contribution in [3.05, 3.63) is 29.8 Å². The van der Waals surface area contributed by atoms with Gasteiger partial charge in [-0.1, -0.05) is 19.1 Å². The molecule has 0 aliphatic carbocycles. The first kappa shape index (κ1) is 16.8. The third-order valence-electron chi connectivity index (χ3n) is 4.59. The van der Waals surface area contributed by atoms with E-state index in [1.54, 1.807) is 7.05 Å². The molecular weight excluding hydrogens is 304 g/mol. The number of anilines is 1. The fourth-order valence-corrected chi connectivity index (χ4v) is 2.97. The maximum atomic E-state index is 11.8. The van der Waals surface area contributed by atoms with Gasteiger partial charge >= 0.3 is 0 Å². The first-order valence-electron chi connectivity index (χ1n) is 8.51. The Hall–Kier alpha value is -2.08. The van der Waals surface area contributed by atoms with Crippen LogP contribution in [-0.4, -0.2) is 45.2 Å². The molecule has 2 aliphatic heterocycles. The third-order valence-corrected chi connectivity index (χ3v) is 4.59. The second kappa shape index (κ2) is 7.21. The molecule has 24 heavy (non-hydrogen) atoms. The van der Waals surface area contributed by atoms with Crippen molar-refractivity contribution in [3.63, 3.8) is 0 Å². The second-order valence-corrected chi connectivity index (χ2v) is 6.90. The molecule has 2 fully saturated rings. The lowest BCUT2D eigenvalue weighted by Crippen LogP contribution is -2.50. The first-order valence-corrected chi connectivity index (χ1v) is 8.51. The van der Waals surface area contributed by atoms with Gasteiger partial charge in [0.2, 0.25) is 5.91 Å². The molecule has 2 heterocycles. The molecule has 0 unspecified atom stereocenters. The van der Waals surface area contributed by atoms with Crippen molar-refractivity contribution >= 4 is 17.6 Å². The number of aliphatic imine (C=N–C) groups is 1. The summed E-state index contributed by atoms with van der Waals surface area (Å²) in [6.45, 7) is 6.18. The zero-order valence-electron chi connectivity index (χ0n) is 14.5. The Labute approximate surface area is 143 Å². The maximum absolute atomic E-state index is 11.8. The second-order valence-electron chi connectivity index (χ2n) is 6.90. The van der Waals surface area contributed by atoms with Crippen molar-refractivity contribution in [2.24, 2.45) is 10.4 Å². The highest BCUT2D eigenvalue weighted by Gasteiger charge is 2.33. The zero-order chi connectivity index (χ0) is 17.0. The van der Waals surface area contributed by atoms with Gasteiger partial charge in [-0.25, -0.2) is 0 Å². The molecule has 130 valence electrons. The minimum Gasteiger partial charge on any atom is -0.380 e. The number of hydrogen-bond acceptors (Lipinski definition) is 3. The van der Waals surface area contributed by atoms with Crippen LogP contribution in [0.4, 0.5) is 5.69 Å². The largest absolute Gasteiger partial charge is 0.380 e. The summed E-state index contributed by atoms with van der Waals surface area (Å²) in [6, 6.07) is 8.15. The number of carbonyl (C=O) groups is 1. The Balaban J connectivity index is 1.49. The number of nitrogens with zero attached hydrogens (tertiary/aromatic N) is 2. The Morgan fingerprint density at radius 3 is 2.58 bits per heavy atom. The van der Waals surface area contributed by atoms with Crippen molar-refractivity contribution in [1.82, 2.24) is 10.6 Å². The van der Waals surface area contributed by atoms with Gasteiger partial charge in [-0.05, 0) is 24.1 Å². The van der Waals surface area contributed by atoms with Crippen molar-refractivity contribution < 1.29 is 9.53 Å². The number of amides is 1. The molecule has 3 rings (SSSR count). The van der Waals surface area contributed by atoms with Gasteiger partial charge in [-0.2, -0.15) is 0 Å². The summed E-state index contributed by atoms with van der Waals surface area (Å²) in [7, 11) is 1.77. The molecule has 1 aromatic carbocycles. The van der Waals surface area contributed by atoms with Crippen LogP contribution in [-0.2, 0) is 16.1 Å². The van der Waals surface area contributed by atoms with Crippen LogP contribution < -0.4 is 15.5 Å². The maximum Gasteiger partial charge on any atom is 0.227 e. The van der Waals surface area contributed by atoms with Crippen LogP contribution in [0.5, 0.6) is 0 Å². The van der Waals surface area contributed by atoms with Crippen LogP contribution in [0.2, 0.25) is 0 Å². The zero-order valence-corrected chi connectivity index (χ0v) is 14.5. The van der Waals surface area contributed by atoms with Gasteiger partial charge in [0.25, 0.3) is 0 Å². The molecule has 0 bridgehead atoms. The average Bonchev–Trinajstić information content (AvgIpc) is 3.00. The van der Waals surface area contributed by atoms with Crippen molar-refractivity contribution in [1.29, 1.82) is 0 Å². The smallest absolute Gasteiger partial charge is 0.227 e. The van der Waals surface area contributed by atoms with Crippen LogP contribution in [0, 0.1) is 5.41 Å². The number of guanidine groups is 1. The Kier molecular flexibility index (Phi) is 5.04. The van der Waals surface area contributed by atoms with Gasteiger partial charge in [0.05, 0.1) is 13.2 Å². The van der Waals surface area contributed by atoms with Gasteiger partial charge in [0.1, 0.15) is 0 Å². The average molecular weight is 330 g/mol. The number of benzene rings is 1. The van der Waals surface area contributed by atoms with E-state index in [1.165, 1.54) is 0 Å². The van der Waals surface area contributed by atoms with E-state index in [0.29, 0.717) is 13.0 Å². The van der Waals surface area contributed by atoms with Crippen LogP contribution in [0.3, 0.4) is 0 Å². The molecule has 0 radical (unpaired) electrons. The molecule has 1 aromatic rings. The predicted octanol–water partition coefficient (Wildman–Crippen LogP) is 1.51. The summed E-state index contributed by atoms with van der Waals surface area (Å²) in [5.74, 6) is 1.01. The molecular formula is C18H26N4O2. The van der Waals surface area contributed by atoms with Crippen LogP contribution in [0.25, 0.3) is 0 Å². The highest BCUT2D eigenvalue weighted by molar-refractivity contribution is 5.95. The Bertz CT molecular complexity index is 608. The molecule has 0 saturated carbocycles. The summed E-state index contributed by atoms with van der Waals surface area (Å²) in [4.78, 5) is 17.9. The fraction of sp³-hybridized carbons (Fsp3) is 0.556. The monoisotopic (exact) mass is 330 g/mol. The molecule has 0 atom stereocenters. The highest BCUT2D eigenvalue weighted by atomic mass is 16.5. The van der Waals surface area contributed by atoms with Crippen molar-refractivity contribution in [2.75, 3.05) is 38.3 Å². The lowest BCUT2D eigenvalue weighted by atomic mass is 9.89. The molecule has 0 spiro atoms.